The number of aliphatic hydroxyl groups is 1. The van der Waals surface area contributed by atoms with Crippen molar-refractivity contribution in [1.82, 2.24) is 5.32 Å². The van der Waals surface area contributed by atoms with Gasteiger partial charge in [-0.3, -0.25) is 4.79 Å². The lowest BCUT2D eigenvalue weighted by molar-refractivity contribution is 0.0932. The number of phenolic OH excluding ortho intramolecular Hbond substituents is 1. The van der Waals surface area contributed by atoms with Gasteiger partial charge >= 0.3 is 0 Å². The van der Waals surface area contributed by atoms with Crippen molar-refractivity contribution in [3.05, 3.63) is 29.3 Å². The minimum atomic E-state index is -0.275. The first-order valence-corrected chi connectivity index (χ1v) is 6.31. The normalized spacial score (nSPS) is 16.3. The smallest absolute Gasteiger partial charge is 0.255 e. The summed E-state index contributed by atoms with van der Waals surface area (Å²) in [5.74, 6) is -0.277. The van der Waals surface area contributed by atoms with Gasteiger partial charge in [-0.1, -0.05) is 13.0 Å². The number of aliphatic hydroxyl groups excluding tert-OH is 1. The van der Waals surface area contributed by atoms with E-state index in [0.717, 1.165) is 24.8 Å². The number of aromatic hydroxyl groups is 1. The number of benzene rings is 1. The maximum Gasteiger partial charge on any atom is 0.255 e. The highest BCUT2D eigenvalue weighted by Crippen LogP contribution is 2.44. The zero-order valence-corrected chi connectivity index (χ0v) is 10.6. The Balaban J connectivity index is 2.04. The third-order valence-corrected chi connectivity index (χ3v) is 3.63. The van der Waals surface area contributed by atoms with E-state index in [1.807, 2.05) is 13.0 Å². The predicted molar refractivity (Wildman–Crippen MR) is 68.6 cm³/mol. The minimum Gasteiger partial charge on any atom is -0.507 e. The lowest BCUT2D eigenvalue weighted by Gasteiger charge is -2.13. The summed E-state index contributed by atoms with van der Waals surface area (Å²) >= 11 is 0. The van der Waals surface area contributed by atoms with Gasteiger partial charge in [-0.15, -0.1) is 0 Å². The summed E-state index contributed by atoms with van der Waals surface area (Å²) in [4.78, 5) is 12.0. The molecule has 98 valence electrons. The first-order chi connectivity index (χ1) is 8.60. The quantitative estimate of drug-likeness (QED) is 0.740. The second-order valence-corrected chi connectivity index (χ2v) is 5.05. The van der Waals surface area contributed by atoms with Crippen LogP contribution in [-0.2, 0) is 6.42 Å². The first kappa shape index (κ1) is 12.9. The molecule has 0 unspecified atom stereocenters. The van der Waals surface area contributed by atoms with E-state index in [1.54, 1.807) is 12.1 Å². The zero-order chi connectivity index (χ0) is 13.2. The molecule has 4 heteroatoms. The van der Waals surface area contributed by atoms with Gasteiger partial charge in [0.15, 0.2) is 0 Å². The molecule has 1 saturated carbocycles. The van der Waals surface area contributed by atoms with Crippen LogP contribution in [0.4, 0.5) is 0 Å². The number of hydrogen-bond donors (Lipinski definition) is 3. The van der Waals surface area contributed by atoms with E-state index < -0.39 is 0 Å². The molecule has 1 aromatic carbocycles. The second-order valence-electron chi connectivity index (χ2n) is 5.05. The molecule has 0 radical (unpaired) electrons. The van der Waals surface area contributed by atoms with E-state index in [1.165, 1.54) is 0 Å². The number of amides is 1. The Kier molecular flexibility index (Phi) is 3.57. The van der Waals surface area contributed by atoms with Crippen LogP contribution >= 0.6 is 0 Å². The van der Waals surface area contributed by atoms with E-state index in [4.69, 9.17) is 0 Å². The van der Waals surface area contributed by atoms with E-state index in [2.05, 4.69) is 5.32 Å². The summed E-state index contributed by atoms with van der Waals surface area (Å²) in [7, 11) is 0. The Morgan fingerprint density at radius 3 is 2.72 bits per heavy atom. The highest BCUT2D eigenvalue weighted by molar-refractivity contribution is 5.97. The number of aryl methyl sites for hydroxylation is 1. The Hall–Kier alpha value is -1.55. The Labute approximate surface area is 107 Å². The molecule has 0 aromatic heterocycles. The maximum atomic E-state index is 12.0. The largest absolute Gasteiger partial charge is 0.507 e. The summed E-state index contributed by atoms with van der Waals surface area (Å²) in [6.45, 7) is 2.57. The average molecular weight is 249 g/mol. The van der Waals surface area contributed by atoms with Gasteiger partial charge < -0.3 is 15.5 Å². The van der Waals surface area contributed by atoms with Gasteiger partial charge in [0.05, 0.1) is 12.2 Å². The summed E-state index contributed by atoms with van der Waals surface area (Å²) in [6.07, 6.45) is 2.72. The summed E-state index contributed by atoms with van der Waals surface area (Å²) in [6, 6.07) is 5.07. The third kappa shape index (κ3) is 2.64. The van der Waals surface area contributed by atoms with Crippen LogP contribution in [0.15, 0.2) is 18.2 Å². The fourth-order valence-electron chi connectivity index (χ4n) is 1.92. The Morgan fingerprint density at radius 2 is 2.17 bits per heavy atom. The van der Waals surface area contributed by atoms with Crippen molar-refractivity contribution in [2.45, 2.75) is 26.2 Å². The Morgan fingerprint density at radius 1 is 1.44 bits per heavy atom. The monoisotopic (exact) mass is 249 g/mol. The van der Waals surface area contributed by atoms with Crippen LogP contribution in [0.25, 0.3) is 0 Å². The maximum absolute atomic E-state index is 12.0. The van der Waals surface area contributed by atoms with Crippen molar-refractivity contribution >= 4 is 5.91 Å². The molecule has 0 saturated heterocycles. The Bertz CT molecular complexity index is 452. The molecular weight excluding hydrogens is 230 g/mol. The molecule has 18 heavy (non-hydrogen) atoms. The van der Waals surface area contributed by atoms with Gasteiger partial charge in [0, 0.05) is 12.0 Å². The zero-order valence-electron chi connectivity index (χ0n) is 10.6. The first-order valence-electron chi connectivity index (χ1n) is 6.31. The van der Waals surface area contributed by atoms with Gasteiger partial charge in [-0.2, -0.15) is 0 Å². The van der Waals surface area contributed by atoms with Crippen molar-refractivity contribution in [3.8, 4) is 5.75 Å². The summed E-state index contributed by atoms with van der Waals surface area (Å²) in [5, 5.41) is 21.7. The van der Waals surface area contributed by atoms with Crippen LogP contribution < -0.4 is 5.32 Å². The standard InChI is InChI=1S/C14H19NO3/c1-2-10-3-4-12(17)11(7-10)13(18)15-8-14(9-16)5-6-14/h3-4,7,16-17H,2,5-6,8-9H2,1H3,(H,15,18). The van der Waals surface area contributed by atoms with E-state index in [0.29, 0.717) is 12.1 Å². The molecule has 0 spiro atoms. The van der Waals surface area contributed by atoms with Crippen LogP contribution in [0, 0.1) is 5.41 Å². The molecule has 1 amide bonds. The van der Waals surface area contributed by atoms with Crippen LogP contribution in [0.5, 0.6) is 5.75 Å². The lowest BCUT2D eigenvalue weighted by Crippen LogP contribution is -2.31. The molecular formula is C14H19NO3. The van der Waals surface area contributed by atoms with Crippen LogP contribution in [0.3, 0.4) is 0 Å². The van der Waals surface area contributed by atoms with Crippen molar-refractivity contribution < 1.29 is 15.0 Å². The van der Waals surface area contributed by atoms with E-state index in [9.17, 15) is 15.0 Å². The second kappa shape index (κ2) is 4.98. The molecule has 1 aliphatic carbocycles. The van der Waals surface area contributed by atoms with Crippen LogP contribution in [0.2, 0.25) is 0 Å². The number of carbonyl (C=O) groups excluding carboxylic acids is 1. The lowest BCUT2D eigenvalue weighted by atomic mass is 10.1. The van der Waals surface area contributed by atoms with Gasteiger partial charge in [-0.25, -0.2) is 0 Å². The molecule has 1 aromatic rings. The summed E-state index contributed by atoms with van der Waals surface area (Å²) in [5.41, 5.74) is 1.21. The number of nitrogens with one attached hydrogen (secondary N) is 1. The third-order valence-electron chi connectivity index (χ3n) is 3.63. The molecule has 2 rings (SSSR count). The van der Waals surface area contributed by atoms with Gasteiger partial charge in [0.25, 0.3) is 5.91 Å². The fourth-order valence-corrected chi connectivity index (χ4v) is 1.92. The molecule has 1 aliphatic rings. The van der Waals surface area contributed by atoms with Crippen LogP contribution in [0.1, 0.15) is 35.7 Å². The molecule has 3 N–H and O–H groups in total. The van der Waals surface area contributed by atoms with E-state index in [-0.39, 0.29) is 23.7 Å². The molecule has 0 bridgehead atoms. The highest BCUT2D eigenvalue weighted by Gasteiger charge is 2.42. The number of hydrogen-bond acceptors (Lipinski definition) is 3. The molecule has 0 atom stereocenters. The van der Waals surface area contributed by atoms with Gasteiger partial charge in [0.2, 0.25) is 0 Å². The highest BCUT2D eigenvalue weighted by atomic mass is 16.3. The van der Waals surface area contributed by atoms with E-state index >= 15 is 0 Å². The van der Waals surface area contributed by atoms with Gasteiger partial charge in [-0.05, 0) is 37.0 Å². The number of phenols is 1. The topological polar surface area (TPSA) is 69.6 Å². The van der Waals surface area contributed by atoms with Crippen molar-refractivity contribution in [3.63, 3.8) is 0 Å². The fraction of sp³-hybridized carbons (Fsp3) is 0.500. The van der Waals surface area contributed by atoms with Gasteiger partial charge in [0.1, 0.15) is 5.75 Å². The van der Waals surface area contributed by atoms with Crippen molar-refractivity contribution in [2.75, 3.05) is 13.2 Å². The summed E-state index contributed by atoms with van der Waals surface area (Å²) < 4.78 is 0. The average Bonchev–Trinajstić information content (AvgIpc) is 3.17. The number of carbonyl (C=O) groups is 1. The number of rotatable bonds is 5. The molecule has 1 fully saturated rings. The van der Waals surface area contributed by atoms with Crippen LogP contribution in [-0.4, -0.2) is 29.3 Å². The molecule has 4 nitrogen and oxygen atoms in total. The SMILES string of the molecule is CCc1ccc(O)c(C(=O)NCC2(CO)CC2)c1. The molecule has 0 heterocycles. The molecule has 0 aliphatic heterocycles. The minimum absolute atomic E-state index is 0.00135. The predicted octanol–water partition coefficient (Wildman–Crippen LogP) is 1.46. The van der Waals surface area contributed by atoms with Crippen molar-refractivity contribution in [2.24, 2.45) is 5.41 Å². The van der Waals surface area contributed by atoms with Crippen molar-refractivity contribution in [1.29, 1.82) is 0 Å².